The molecule has 0 bridgehead atoms. The number of fused-ring (bicyclic) bond motifs is 5. The van der Waals surface area contributed by atoms with E-state index in [0.717, 1.165) is 35.5 Å². The average molecular weight is 581 g/mol. The van der Waals surface area contributed by atoms with E-state index in [9.17, 15) is 0 Å². The van der Waals surface area contributed by atoms with Crippen LogP contribution in [0.15, 0.2) is 53.6 Å². The van der Waals surface area contributed by atoms with Crippen molar-refractivity contribution in [2.45, 2.75) is 57.3 Å². The van der Waals surface area contributed by atoms with Crippen LogP contribution in [0.3, 0.4) is 0 Å². The largest absolute Gasteiger partial charge is 4.00 e. The Balaban J connectivity index is 0.000000961. The Hall–Kier alpha value is -0.690. The van der Waals surface area contributed by atoms with E-state index < -0.39 is 0 Å². The minimum absolute atomic E-state index is 0. The standard InChI is InChI=1S/C26H30.4CH3.Hf/c1-2-7-23-17(4-1)10-12-24-20(11-13-25(23)24)15-22-9-8-21-14-18-5-3-6-19(18)16-26(21)22;;;;;/h1-2,4,7,10,12,14,16,20-22,24-26H,3,5-6,8-9,11,13,15H2;4*1H3;/q;4*-1;+4. The quantitative estimate of drug-likeness (QED) is 0.242. The molecule has 6 rings (SSSR count). The van der Waals surface area contributed by atoms with Gasteiger partial charge in [-0.1, -0.05) is 48.6 Å². The zero-order valence-electron chi connectivity index (χ0n) is 20.2. The van der Waals surface area contributed by atoms with Crippen LogP contribution in [0.5, 0.6) is 0 Å². The molecule has 31 heavy (non-hydrogen) atoms. The second-order valence-electron chi connectivity index (χ2n) is 9.56. The SMILES string of the molecule is C1=CC2C(CC3CCC4C=C5CCCC5=CC43)CCC2c2ccccc21.[CH3-].[CH3-].[CH3-].[CH3-].[Hf+4]. The fourth-order valence-electron chi connectivity index (χ4n) is 7.17. The molecule has 0 heterocycles. The van der Waals surface area contributed by atoms with Gasteiger partial charge in [-0.15, -0.1) is 0 Å². The normalized spacial score (nSPS) is 33.3. The molecule has 6 atom stereocenters. The molecule has 0 saturated heterocycles. The van der Waals surface area contributed by atoms with Crippen LogP contribution in [-0.2, 0) is 25.8 Å². The first-order valence-electron chi connectivity index (χ1n) is 11.1. The molecule has 166 valence electrons. The van der Waals surface area contributed by atoms with E-state index in [0.29, 0.717) is 0 Å². The third-order valence-corrected chi connectivity index (χ3v) is 8.38. The molecule has 1 aromatic rings. The minimum Gasteiger partial charge on any atom is -0.358 e. The van der Waals surface area contributed by atoms with Crippen LogP contribution in [0, 0.1) is 59.3 Å². The first-order valence-corrected chi connectivity index (χ1v) is 11.1. The molecular weight excluding hydrogens is 539 g/mol. The van der Waals surface area contributed by atoms with Gasteiger partial charge in [-0.05, 0) is 109 Å². The zero-order valence-corrected chi connectivity index (χ0v) is 23.8. The first-order chi connectivity index (χ1) is 12.9. The van der Waals surface area contributed by atoms with Gasteiger partial charge in [-0.3, -0.25) is 0 Å². The molecule has 0 radical (unpaired) electrons. The first kappa shape index (κ1) is 28.3. The van der Waals surface area contributed by atoms with Crippen molar-refractivity contribution < 1.29 is 25.8 Å². The van der Waals surface area contributed by atoms with E-state index in [1.165, 1.54) is 56.9 Å². The van der Waals surface area contributed by atoms with Gasteiger partial charge >= 0.3 is 25.8 Å². The van der Waals surface area contributed by atoms with Crippen LogP contribution >= 0.6 is 0 Å². The number of rotatable bonds is 2. The van der Waals surface area contributed by atoms with Gasteiger partial charge in [0, 0.05) is 0 Å². The molecule has 1 heteroatoms. The van der Waals surface area contributed by atoms with Gasteiger partial charge in [0.05, 0.1) is 0 Å². The van der Waals surface area contributed by atoms with Gasteiger partial charge in [0.1, 0.15) is 0 Å². The molecule has 0 aromatic heterocycles. The van der Waals surface area contributed by atoms with Crippen molar-refractivity contribution >= 4 is 6.08 Å². The fraction of sp³-hybridized carbons (Fsp3) is 0.467. The predicted molar refractivity (Wildman–Crippen MR) is 134 cm³/mol. The molecule has 0 nitrogen and oxygen atoms in total. The van der Waals surface area contributed by atoms with Crippen molar-refractivity contribution in [2.24, 2.45) is 29.6 Å². The summed E-state index contributed by atoms with van der Waals surface area (Å²) in [6, 6.07) is 9.12. The van der Waals surface area contributed by atoms with Crippen molar-refractivity contribution in [1.29, 1.82) is 0 Å². The Morgan fingerprint density at radius 2 is 1.42 bits per heavy atom. The topological polar surface area (TPSA) is 0 Å². The third-order valence-electron chi connectivity index (χ3n) is 8.38. The van der Waals surface area contributed by atoms with Crippen LogP contribution < -0.4 is 0 Å². The molecule has 0 aliphatic heterocycles. The van der Waals surface area contributed by atoms with Crippen molar-refractivity contribution in [2.75, 3.05) is 0 Å². The van der Waals surface area contributed by atoms with Crippen LogP contribution in [-0.4, -0.2) is 0 Å². The summed E-state index contributed by atoms with van der Waals surface area (Å²) < 4.78 is 0. The van der Waals surface area contributed by atoms with E-state index in [1.54, 1.807) is 16.7 Å². The Labute approximate surface area is 212 Å². The molecule has 3 fully saturated rings. The van der Waals surface area contributed by atoms with Crippen molar-refractivity contribution in [3.8, 4) is 0 Å². The number of hydrogen-bond acceptors (Lipinski definition) is 0. The van der Waals surface area contributed by atoms with E-state index in [2.05, 4.69) is 48.6 Å². The van der Waals surface area contributed by atoms with Gasteiger partial charge in [0.15, 0.2) is 0 Å². The molecule has 5 aliphatic rings. The monoisotopic (exact) mass is 582 g/mol. The molecule has 0 N–H and O–H groups in total. The Bertz CT molecular complexity index is 813. The Morgan fingerprint density at radius 3 is 2.23 bits per heavy atom. The molecule has 0 amide bonds. The average Bonchev–Trinajstić information content (AvgIpc) is 3.39. The fourth-order valence-corrected chi connectivity index (χ4v) is 7.17. The van der Waals surface area contributed by atoms with Gasteiger partial charge in [-0.25, -0.2) is 0 Å². The van der Waals surface area contributed by atoms with E-state index in [1.807, 2.05) is 0 Å². The van der Waals surface area contributed by atoms with Gasteiger partial charge in [-0.2, -0.15) is 0 Å². The van der Waals surface area contributed by atoms with Gasteiger partial charge < -0.3 is 29.7 Å². The summed E-state index contributed by atoms with van der Waals surface area (Å²) in [4.78, 5) is 0. The number of allylic oxidation sites excluding steroid dienone is 5. The van der Waals surface area contributed by atoms with Crippen molar-refractivity contribution in [3.63, 3.8) is 0 Å². The van der Waals surface area contributed by atoms with Crippen LogP contribution in [0.1, 0.15) is 68.4 Å². The van der Waals surface area contributed by atoms with Crippen LogP contribution in [0.25, 0.3) is 6.08 Å². The summed E-state index contributed by atoms with van der Waals surface area (Å²) in [5, 5.41) is 0. The van der Waals surface area contributed by atoms with Gasteiger partial charge in [0.25, 0.3) is 0 Å². The number of benzene rings is 1. The summed E-state index contributed by atoms with van der Waals surface area (Å²) in [5.41, 5.74) is 6.56. The van der Waals surface area contributed by atoms with E-state index in [-0.39, 0.29) is 55.5 Å². The van der Waals surface area contributed by atoms with Crippen LogP contribution in [0.4, 0.5) is 0 Å². The zero-order chi connectivity index (χ0) is 17.1. The summed E-state index contributed by atoms with van der Waals surface area (Å²) >= 11 is 0. The minimum atomic E-state index is 0. The van der Waals surface area contributed by atoms with Crippen molar-refractivity contribution in [3.05, 3.63) is 94.5 Å². The maximum atomic E-state index is 2.74. The van der Waals surface area contributed by atoms with E-state index >= 15 is 0 Å². The molecule has 3 saturated carbocycles. The summed E-state index contributed by atoms with van der Waals surface area (Å²) in [7, 11) is 0. The Kier molecular flexibility index (Phi) is 10.5. The van der Waals surface area contributed by atoms with Gasteiger partial charge in [0.2, 0.25) is 0 Å². The summed E-state index contributed by atoms with van der Waals surface area (Å²) in [5.74, 6) is 5.20. The Morgan fingerprint density at radius 1 is 0.742 bits per heavy atom. The second kappa shape index (κ2) is 11.4. The molecular formula is C30H42Hf. The predicted octanol–water partition coefficient (Wildman–Crippen LogP) is 8.70. The van der Waals surface area contributed by atoms with Crippen LogP contribution in [0.2, 0.25) is 0 Å². The molecule has 5 aliphatic carbocycles. The smallest absolute Gasteiger partial charge is 0.358 e. The second-order valence-corrected chi connectivity index (χ2v) is 9.56. The maximum Gasteiger partial charge on any atom is 4.00 e. The van der Waals surface area contributed by atoms with Crippen molar-refractivity contribution in [1.82, 2.24) is 0 Å². The van der Waals surface area contributed by atoms with E-state index in [4.69, 9.17) is 0 Å². The summed E-state index contributed by atoms with van der Waals surface area (Å²) in [6.45, 7) is 0. The maximum absolute atomic E-state index is 2.74. The third kappa shape index (κ3) is 4.83. The molecule has 6 unspecified atom stereocenters. The molecule has 0 spiro atoms. The summed E-state index contributed by atoms with van der Waals surface area (Å²) in [6.07, 6.45) is 21.8. The molecule has 1 aromatic carbocycles. The number of hydrogen-bond donors (Lipinski definition) is 0.